The number of allylic oxidation sites excluding steroid dienone is 1. The Labute approximate surface area is 168 Å². The molecule has 0 radical (unpaired) electrons. The lowest BCUT2D eigenvalue weighted by molar-refractivity contribution is 0.160. The molecule has 156 valence electrons. The molecule has 0 aliphatic heterocycles. The summed E-state index contributed by atoms with van der Waals surface area (Å²) in [4.78, 5) is 0. The molecule has 1 N–H and O–H groups in total. The molecule has 2 aliphatic rings. The van der Waals surface area contributed by atoms with E-state index >= 15 is 0 Å². The Balaban J connectivity index is 1.59. The Kier molecular flexibility index (Phi) is 7.50. The average molecular weight is 393 g/mol. The number of aliphatic hydroxyl groups excluding tert-OH is 1. The van der Waals surface area contributed by atoms with Crippen LogP contribution in [0.4, 0.5) is 8.78 Å². The molecule has 0 heterocycles. The average Bonchev–Trinajstić information content (AvgIpc) is 2.71. The predicted octanol–water partition coefficient (Wildman–Crippen LogP) is 6.79. The van der Waals surface area contributed by atoms with Crippen molar-refractivity contribution in [3.63, 3.8) is 0 Å². The zero-order valence-electron chi connectivity index (χ0n) is 17.2. The van der Waals surface area contributed by atoms with Crippen molar-refractivity contribution in [3.8, 4) is 0 Å². The lowest BCUT2D eigenvalue weighted by Crippen LogP contribution is -2.24. The summed E-state index contributed by atoms with van der Waals surface area (Å²) < 4.78 is 34.4. The monoisotopic (exact) mass is 392 g/mol. The molecular weight excluding hydrogens is 358 g/mol. The van der Waals surface area contributed by atoms with Gasteiger partial charge in [-0.25, -0.2) is 8.78 Å². The topological polar surface area (TPSA) is 29.5 Å². The predicted molar refractivity (Wildman–Crippen MR) is 108 cm³/mol. The molecule has 1 aromatic carbocycles. The maximum Gasteiger partial charge on any atom is 0.164 e. The van der Waals surface area contributed by atoms with Gasteiger partial charge in [-0.15, -0.1) is 0 Å². The first-order valence-corrected chi connectivity index (χ1v) is 10.9. The quantitative estimate of drug-likeness (QED) is 0.540. The van der Waals surface area contributed by atoms with Crippen molar-refractivity contribution >= 4 is 0 Å². The van der Waals surface area contributed by atoms with Gasteiger partial charge in [-0.1, -0.05) is 25.5 Å². The van der Waals surface area contributed by atoms with Crippen LogP contribution in [0.1, 0.15) is 94.3 Å². The van der Waals surface area contributed by atoms with Gasteiger partial charge in [0, 0.05) is 5.56 Å². The summed E-state index contributed by atoms with van der Waals surface area (Å²) in [6.07, 6.45) is 10.9. The molecule has 3 rings (SSSR count). The summed E-state index contributed by atoms with van der Waals surface area (Å²) in [6, 6.07) is 3.30. The molecule has 2 saturated carbocycles. The molecule has 0 amide bonds. The van der Waals surface area contributed by atoms with Crippen LogP contribution in [0, 0.1) is 23.5 Å². The van der Waals surface area contributed by atoms with Crippen LogP contribution < -0.4 is 0 Å². The van der Waals surface area contributed by atoms with Crippen LogP contribution in [0.15, 0.2) is 24.0 Å². The van der Waals surface area contributed by atoms with Gasteiger partial charge in [0.05, 0.1) is 19.5 Å². The Morgan fingerprint density at radius 3 is 2.29 bits per heavy atom. The normalized spacial score (nSPS) is 26.8. The SMILES string of the molecule is CCCC(O)c1ccc(C2CCC(C3CCC(=COC)CC3)CC2)c(F)c1F. The van der Waals surface area contributed by atoms with E-state index < -0.39 is 17.7 Å². The van der Waals surface area contributed by atoms with Crippen LogP contribution in [-0.4, -0.2) is 12.2 Å². The molecule has 4 heteroatoms. The first-order chi connectivity index (χ1) is 13.5. The fourth-order valence-electron chi connectivity index (χ4n) is 5.25. The molecule has 0 aromatic heterocycles. The molecule has 1 unspecified atom stereocenters. The van der Waals surface area contributed by atoms with E-state index in [2.05, 4.69) is 0 Å². The third-order valence-corrected chi connectivity index (χ3v) is 6.90. The van der Waals surface area contributed by atoms with Crippen LogP contribution in [0.3, 0.4) is 0 Å². The zero-order valence-corrected chi connectivity index (χ0v) is 17.2. The second kappa shape index (κ2) is 9.87. The molecule has 2 fully saturated rings. The van der Waals surface area contributed by atoms with Crippen LogP contribution in [0.2, 0.25) is 0 Å². The maximum absolute atomic E-state index is 14.7. The lowest BCUT2D eigenvalue weighted by atomic mass is 9.69. The van der Waals surface area contributed by atoms with Crippen molar-refractivity contribution in [1.29, 1.82) is 0 Å². The number of hydrogen-bond donors (Lipinski definition) is 1. The molecule has 2 aliphatic carbocycles. The molecular formula is C24H34F2O2. The van der Waals surface area contributed by atoms with Gasteiger partial charge in [0.15, 0.2) is 11.6 Å². The summed E-state index contributed by atoms with van der Waals surface area (Å²) in [5.41, 5.74) is 2.01. The van der Waals surface area contributed by atoms with E-state index in [0.29, 0.717) is 17.9 Å². The Morgan fingerprint density at radius 1 is 1.04 bits per heavy atom. The van der Waals surface area contributed by atoms with Crippen LogP contribution in [0.25, 0.3) is 0 Å². The Bertz CT molecular complexity index is 667. The van der Waals surface area contributed by atoms with Gasteiger partial charge in [0.2, 0.25) is 0 Å². The highest BCUT2D eigenvalue weighted by Crippen LogP contribution is 2.44. The van der Waals surface area contributed by atoms with Gasteiger partial charge < -0.3 is 9.84 Å². The first-order valence-electron chi connectivity index (χ1n) is 10.9. The second-order valence-corrected chi connectivity index (χ2v) is 8.64. The molecule has 0 saturated heterocycles. The molecule has 1 atom stereocenters. The van der Waals surface area contributed by atoms with Gasteiger partial charge >= 0.3 is 0 Å². The molecule has 28 heavy (non-hydrogen) atoms. The van der Waals surface area contributed by atoms with Crippen molar-refractivity contribution < 1.29 is 18.6 Å². The minimum Gasteiger partial charge on any atom is -0.504 e. The van der Waals surface area contributed by atoms with Gasteiger partial charge in [0.25, 0.3) is 0 Å². The largest absolute Gasteiger partial charge is 0.504 e. The number of ether oxygens (including phenoxy) is 1. The first kappa shape index (κ1) is 21.3. The highest BCUT2D eigenvalue weighted by molar-refractivity contribution is 5.30. The molecule has 2 nitrogen and oxygen atoms in total. The minimum absolute atomic E-state index is 0.0932. The lowest BCUT2D eigenvalue weighted by Gasteiger charge is -2.36. The number of benzene rings is 1. The highest BCUT2D eigenvalue weighted by Gasteiger charge is 2.32. The van der Waals surface area contributed by atoms with Crippen molar-refractivity contribution in [2.24, 2.45) is 11.8 Å². The van der Waals surface area contributed by atoms with Gasteiger partial charge in [-0.3, -0.25) is 0 Å². The van der Waals surface area contributed by atoms with E-state index in [0.717, 1.165) is 50.9 Å². The van der Waals surface area contributed by atoms with E-state index in [1.54, 1.807) is 19.2 Å². The van der Waals surface area contributed by atoms with E-state index in [-0.39, 0.29) is 11.5 Å². The number of methoxy groups -OCH3 is 1. The summed E-state index contributed by atoms with van der Waals surface area (Å²) in [5.74, 6) is -0.0499. The second-order valence-electron chi connectivity index (χ2n) is 8.64. The fourth-order valence-corrected chi connectivity index (χ4v) is 5.25. The Hall–Kier alpha value is -1.42. The highest BCUT2D eigenvalue weighted by atomic mass is 19.2. The number of hydrogen-bond acceptors (Lipinski definition) is 2. The van der Waals surface area contributed by atoms with E-state index in [1.165, 1.54) is 18.4 Å². The van der Waals surface area contributed by atoms with Crippen molar-refractivity contribution in [2.75, 3.05) is 7.11 Å². The van der Waals surface area contributed by atoms with E-state index in [1.807, 2.05) is 13.2 Å². The van der Waals surface area contributed by atoms with E-state index in [4.69, 9.17) is 4.74 Å². The van der Waals surface area contributed by atoms with Gasteiger partial charge in [-0.05, 0) is 86.7 Å². The zero-order chi connectivity index (χ0) is 20.1. The molecule has 0 bridgehead atoms. The van der Waals surface area contributed by atoms with Gasteiger partial charge in [0.1, 0.15) is 0 Å². The standard InChI is InChI=1S/C24H34F2O2/c1-3-4-22(27)21-14-13-20(23(25)24(21)26)19-11-9-18(10-12-19)17-7-5-16(6-8-17)15-28-2/h13-15,17-19,22,27H,3-12H2,1-2H3. The summed E-state index contributed by atoms with van der Waals surface area (Å²) in [7, 11) is 1.71. The maximum atomic E-state index is 14.7. The van der Waals surface area contributed by atoms with Crippen LogP contribution in [-0.2, 0) is 4.74 Å². The molecule has 0 spiro atoms. The fraction of sp³-hybridized carbons (Fsp3) is 0.667. The smallest absolute Gasteiger partial charge is 0.164 e. The van der Waals surface area contributed by atoms with Crippen molar-refractivity contribution in [2.45, 2.75) is 83.2 Å². The minimum atomic E-state index is -0.923. The number of rotatable bonds is 6. The van der Waals surface area contributed by atoms with E-state index in [9.17, 15) is 13.9 Å². The summed E-state index contributed by atoms with van der Waals surface area (Å²) in [6.45, 7) is 1.92. The van der Waals surface area contributed by atoms with Gasteiger partial charge in [-0.2, -0.15) is 0 Å². The number of halogens is 2. The van der Waals surface area contributed by atoms with Crippen LogP contribution in [0.5, 0.6) is 0 Å². The number of aliphatic hydroxyl groups is 1. The third-order valence-electron chi connectivity index (χ3n) is 6.90. The Morgan fingerprint density at radius 2 is 1.68 bits per heavy atom. The van der Waals surface area contributed by atoms with Crippen molar-refractivity contribution in [1.82, 2.24) is 0 Å². The third kappa shape index (κ3) is 4.76. The summed E-state index contributed by atoms with van der Waals surface area (Å²) >= 11 is 0. The summed E-state index contributed by atoms with van der Waals surface area (Å²) in [5, 5.41) is 10.0. The molecule has 1 aromatic rings. The van der Waals surface area contributed by atoms with Crippen molar-refractivity contribution in [3.05, 3.63) is 46.7 Å². The van der Waals surface area contributed by atoms with Crippen LogP contribution >= 0.6 is 0 Å².